The van der Waals surface area contributed by atoms with Crippen LogP contribution in [-0.4, -0.2) is 31.1 Å². The summed E-state index contributed by atoms with van der Waals surface area (Å²) >= 11 is 0. The maximum absolute atomic E-state index is 11.2. The minimum Gasteiger partial charge on any atom is -0.478 e. The second-order valence-electron chi connectivity index (χ2n) is 11.4. The first kappa shape index (κ1) is 25.2. The minimum absolute atomic E-state index is 0.323. The van der Waals surface area contributed by atoms with E-state index in [9.17, 15) is 9.90 Å². The van der Waals surface area contributed by atoms with Crippen molar-refractivity contribution in [1.29, 1.82) is 0 Å². The molecule has 4 aliphatic rings. The molecule has 0 unspecified atom stereocenters. The lowest BCUT2D eigenvalue weighted by Gasteiger charge is -2.57. The van der Waals surface area contributed by atoms with Crippen LogP contribution < -0.4 is 0 Å². The fourth-order valence-electron chi connectivity index (χ4n) is 7.60. The molecule has 192 valence electrons. The van der Waals surface area contributed by atoms with Gasteiger partial charge in [0, 0.05) is 13.2 Å². The third kappa shape index (κ3) is 5.45. The highest BCUT2D eigenvalue weighted by atomic mass is 16.7. The number of carboxylic acids is 1. The average Bonchev–Trinajstić information content (AvgIpc) is 2.85. The zero-order chi connectivity index (χ0) is 25.1. The van der Waals surface area contributed by atoms with E-state index in [1.54, 1.807) is 17.7 Å². The highest BCUT2D eigenvalue weighted by Gasteiger charge is 2.52. The van der Waals surface area contributed by atoms with E-state index in [0.29, 0.717) is 24.4 Å². The largest absolute Gasteiger partial charge is 0.478 e. The van der Waals surface area contributed by atoms with Crippen LogP contribution in [0.1, 0.15) is 91.4 Å². The Hall–Kier alpha value is -2.43. The Morgan fingerprint density at radius 3 is 2.22 bits per heavy atom. The van der Waals surface area contributed by atoms with Gasteiger partial charge in [0.25, 0.3) is 0 Å². The first-order valence-corrected chi connectivity index (χ1v) is 13.8. The standard InChI is InChI=1S/C32H40O4/c1-3-35-21-36-12-4-5-27-10-11-29(22(2)13-23-6-8-28(9-7-23)31(33)34)17-30(27)32-18-24-14-25(19-32)16-26(15-24)20-32/h6-11,13,17,24-26H,3-5,12,14-16,18-21H2,1-2H3,(H,33,34). The van der Waals surface area contributed by atoms with Crippen molar-refractivity contribution in [2.45, 2.75) is 70.6 Å². The van der Waals surface area contributed by atoms with E-state index in [1.165, 1.54) is 55.2 Å². The molecule has 0 aliphatic heterocycles. The number of hydrogen-bond donors (Lipinski definition) is 1. The summed E-state index contributed by atoms with van der Waals surface area (Å²) in [5, 5.41) is 9.19. The van der Waals surface area contributed by atoms with Gasteiger partial charge in [-0.2, -0.15) is 0 Å². The number of hydrogen-bond acceptors (Lipinski definition) is 3. The number of ether oxygens (including phenoxy) is 2. The molecule has 1 N–H and O–H groups in total. The molecule has 36 heavy (non-hydrogen) atoms. The van der Waals surface area contributed by atoms with Crippen LogP contribution >= 0.6 is 0 Å². The highest BCUT2D eigenvalue weighted by molar-refractivity contribution is 5.88. The van der Waals surface area contributed by atoms with E-state index in [0.717, 1.165) is 42.8 Å². The summed E-state index contributed by atoms with van der Waals surface area (Å²) in [4.78, 5) is 11.2. The molecule has 0 saturated heterocycles. The van der Waals surface area contributed by atoms with Crippen molar-refractivity contribution in [3.8, 4) is 0 Å². The SMILES string of the molecule is CCOCOCCCc1ccc(C(C)=Cc2ccc(C(=O)O)cc2)cc1C12CC3CC(CC(C3)C1)C2. The van der Waals surface area contributed by atoms with Gasteiger partial charge < -0.3 is 14.6 Å². The van der Waals surface area contributed by atoms with Crippen LogP contribution in [0.2, 0.25) is 0 Å². The van der Waals surface area contributed by atoms with E-state index in [4.69, 9.17) is 9.47 Å². The van der Waals surface area contributed by atoms with Gasteiger partial charge in [-0.25, -0.2) is 4.79 Å². The summed E-state index contributed by atoms with van der Waals surface area (Å²) < 4.78 is 11.0. The monoisotopic (exact) mass is 488 g/mol. The zero-order valence-electron chi connectivity index (χ0n) is 21.8. The summed E-state index contributed by atoms with van der Waals surface area (Å²) in [6.07, 6.45) is 12.6. The van der Waals surface area contributed by atoms with Crippen molar-refractivity contribution >= 4 is 17.6 Å². The Morgan fingerprint density at radius 2 is 1.61 bits per heavy atom. The summed E-state index contributed by atoms with van der Waals surface area (Å²) in [5.74, 6) is 1.84. The van der Waals surface area contributed by atoms with Gasteiger partial charge in [0.05, 0.1) is 5.56 Å². The van der Waals surface area contributed by atoms with Crippen molar-refractivity contribution in [2.24, 2.45) is 17.8 Å². The molecular formula is C32H40O4. The fraction of sp³-hybridized carbons (Fsp3) is 0.531. The number of allylic oxidation sites excluding steroid dienone is 1. The van der Waals surface area contributed by atoms with Crippen molar-refractivity contribution in [3.63, 3.8) is 0 Å². The third-order valence-electron chi connectivity index (χ3n) is 8.82. The summed E-state index contributed by atoms with van der Waals surface area (Å²) in [6.45, 7) is 5.96. The summed E-state index contributed by atoms with van der Waals surface area (Å²) in [5.41, 5.74) is 7.29. The molecule has 4 fully saturated rings. The Bertz CT molecular complexity index is 1060. The zero-order valence-corrected chi connectivity index (χ0v) is 21.8. The molecule has 4 nitrogen and oxygen atoms in total. The molecule has 2 aromatic carbocycles. The molecule has 0 radical (unpaired) electrons. The van der Waals surface area contributed by atoms with Gasteiger partial charge in [-0.1, -0.05) is 36.4 Å². The van der Waals surface area contributed by atoms with Gasteiger partial charge in [0.1, 0.15) is 6.79 Å². The first-order valence-electron chi connectivity index (χ1n) is 13.8. The normalized spacial score (nSPS) is 26.9. The smallest absolute Gasteiger partial charge is 0.335 e. The Labute approximate surface area is 215 Å². The number of carboxylic acid groups (broad SMARTS) is 1. The van der Waals surface area contributed by atoms with Crippen LogP contribution in [0.15, 0.2) is 42.5 Å². The Kier molecular flexibility index (Phi) is 7.64. The number of benzene rings is 2. The molecular weight excluding hydrogens is 448 g/mol. The van der Waals surface area contributed by atoms with Gasteiger partial charge in [0.15, 0.2) is 0 Å². The van der Waals surface area contributed by atoms with Gasteiger partial charge in [-0.3, -0.25) is 0 Å². The summed E-state index contributed by atoms with van der Waals surface area (Å²) in [7, 11) is 0. The van der Waals surface area contributed by atoms with Crippen molar-refractivity contribution in [2.75, 3.05) is 20.0 Å². The second kappa shape index (κ2) is 10.9. The Morgan fingerprint density at radius 1 is 0.972 bits per heavy atom. The van der Waals surface area contributed by atoms with E-state index < -0.39 is 5.97 Å². The van der Waals surface area contributed by atoms with Crippen LogP contribution in [0.5, 0.6) is 0 Å². The summed E-state index contributed by atoms with van der Waals surface area (Å²) in [6, 6.07) is 14.3. The van der Waals surface area contributed by atoms with Crippen LogP contribution in [-0.2, 0) is 21.3 Å². The molecule has 0 spiro atoms. The first-order chi connectivity index (χ1) is 17.5. The van der Waals surface area contributed by atoms with Gasteiger partial charge in [0.2, 0.25) is 0 Å². The van der Waals surface area contributed by atoms with Crippen LogP contribution in [0.3, 0.4) is 0 Å². The number of carbonyl (C=O) groups is 1. The second-order valence-corrected chi connectivity index (χ2v) is 11.4. The molecule has 0 heterocycles. The Balaban J connectivity index is 1.41. The average molecular weight is 489 g/mol. The van der Waals surface area contributed by atoms with Gasteiger partial charge in [-0.15, -0.1) is 0 Å². The molecule has 0 aromatic heterocycles. The molecule has 4 bridgehead atoms. The van der Waals surface area contributed by atoms with E-state index >= 15 is 0 Å². The lowest BCUT2D eigenvalue weighted by molar-refractivity contribution is -0.0498. The highest BCUT2D eigenvalue weighted by Crippen LogP contribution is 2.61. The maximum atomic E-state index is 11.2. The van der Waals surface area contributed by atoms with E-state index in [1.807, 2.05) is 19.1 Å². The molecule has 0 atom stereocenters. The molecule has 0 amide bonds. The number of aryl methyl sites for hydroxylation is 1. The van der Waals surface area contributed by atoms with Gasteiger partial charge in [-0.05, 0) is 128 Å². The predicted molar refractivity (Wildman–Crippen MR) is 144 cm³/mol. The number of rotatable bonds is 11. The van der Waals surface area contributed by atoms with Gasteiger partial charge >= 0.3 is 5.97 Å². The molecule has 4 heteroatoms. The van der Waals surface area contributed by atoms with Crippen molar-refractivity contribution in [1.82, 2.24) is 0 Å². The van der Waals surface area contributed by atoms with E-state index in [2.05, 4.69) is 31.2 Å². The topological polar surface area (TPSA) is 55.8 Å². The third-order valence-corrected chi connectivity index (χ3v) is 8.82. The molecule has 2 aromatic rings. The molecule has 4 saturated carbocycles. The lowest BCUT2D eigenvalue weighted by Crippen LogP contribution is -2.49. The van der Waals surface area contributed by atoms with Crippen LogP contribution in [0.4, 0.5) is 0 Å². The van der Waals surface area contributed by atoms with Crippen LogP contribution in [0.25, 0.3) is 11.6 Å². The lowest BCUT2D eigenvalue weighted by atomic mass is 9.47. The van der Waals surface area contributed by atoms with Crippen molar-refractivity contribution in [3.05, 3.63) is 70.3 Å². The van der Waals surface area contributed by atoms with E-state index in [-0.39, 0.29) is 0 Å². The van der Waals surface area contributed by atoms with Crippen LogP contribution in [0, 0.1) is 17.8 Å². The fourth-order valence-corrected chi connectivity index (χ4v) is 7.60. The minimum atomic E-state index is -0.888. The van der Waals surface area contributed by atoms with Crippen molar-refractivity contribution < 1.29 is 19.4 Å². The molecule has 4 aliphatic carbocycles. The predicted octanol–water partition coefficient (Wildman–Crippen LogP) is 7.36. The number of aromatic carboxylic acids is 1. The molecule has 6 rings (SSSR count). The maximum Gasteiger partial charge on any atom is 0.335 e. The quantitative estimate of drug-likeness (QED) is 0.204.